The van der Waals surface area contributed by atoms with Crippen LogP contribution in [0.2, 0.25) is 0 Å². The number of nitrogens with one attached hydrogen (secondary N) is 1. The molecular weight excluding hydrogens is 150 g/mol. The normalized spacial score (nSPS) is 39.7. The van der Waals surface area contributed by atoms with Crippen molar-refractivity contribution in [1.29, 1.82) is 0 Å². The monoisotopic (exact) mass is 167 g/mol. The Kier molecular flexibility index (Phi) is 1.76. The van der Waals surface area contributed by atoms with Gasteiger partial charge in [0.1, 0.15) is 5.78 Å². The van der Waals surface area contributed by atoms with Crippen LogP contribution in [-0.2, 0) is 4.79 Å². The quantitative estimate of drug-likeness (QED) is 0.587. The predicted octanol–water partition coefficient (Wildman–Crippen LogP) is 1.21. The van der Waals surface area contributed by atoms with Crippen LogP contribution in [0.4, 0.5) is 0 Å². The average Bonchev–Trinajstić information content (AvgIpc) is 2.46. The summed E-state index contributed by atoms with van der Waals surface area (Å²) in [6.45, 7) is 6.56. The number of hydrogen-bond donors (Lipinski definition) is 1. The van der Waals surface area contributed by atoms with E-state index in [1.54, 1.807) is 0 Å². The van der Waals surface area contributed by atoms with Crippen molar-refractivity contribution in [2.24, 2.45) is 17.3 Å². The molecule has 0 radical (unpaired) electrons. The molecule has 1 N–H and O–H groups in total. The van der Waals surface area contributed by atoms with Gasteiger partial charge in [-0.15, -0.1) is 0 Å². The molecule has 2 fully saturated rings. The first-order chi connectivity index (χ1) is 5.61. The zero-order chi connectivity index (χ0) is 8.77. The number of hydrogen-bond acceptors (Lipinski definition) is 2. The van der Waals surface area contributed by atoms with Crippen molar-refractivity contribution in [3.8, 4) is 0 Å². The second-order valence-corrected chi connectivity index (χ2v) is 4.83. The molecule has 68 valence electrons. The highest BCUT2D eigenvalue weighted by molar-refractivity contribution is 5.83. The lowest BCUT2D eigenvalue weighted by molar-refractivity contribution is -0.128. The largest absolute Gasteiger partial charge is 0.316 e. The van der Waals surface area contributed by atoms with Crippen molar-refractivity contribution in [2.75, 3.05) is 13.1 Å². The molecule has 1 aliphatic heterocycles. The summed E-state index contributed by atoms with van der Waals surface area (Å²) in [7, 11) is 0. The lowest BCUT2D eigenvalue weighted by Gasteiger charge is -2.38. The Morgan fingerprint density at radius 2 is 2.17 bits per heavy atom. The fourth-order valence-electron chi connectivity index (χ4n) is 2.65. The van der Waals surface area contributed by atoms with Crippen LogP contribution in [0.25, 0.3) is 0 Å². The third kappa shape index (κ3) is 1.09. The third-order valence-corrected chi connectivity index (χ3v) is 3.65. The van der Waals surface area contributed by atoms with Gasteiger partial charge in [-0.1, -0.05) is 13.8 Å². The van der Waals surface area contributed by atoms with E-state index in [1.165, 1.54) is 0 Å². The molecule has 2 unspecified atom stereocenters. The SMILES string of the molecule is CC1(C)CCC(=O)C2CNCC21. The molecule has 0 aromatic carbocycles. The minimum atomic E-state index is 0.328. The highest BCUT2D eigenvalue weighted by Gasteiger charge is 2.45. The van der Waals surface area contributed by atoms with Gasteiger partial charge in [0.05, 0.1) is 0 Å². The standard InChI is InChI=1S/C10H17NO/c1-10(2)4-3-9(12)7-5-11-6-8(7)10/h7-8,11H,3-6H2,1-2H3. The maximum atomic E-state index is 11.5. The highest BCUT2D eigenvalue weighted by Crippen LogP contribution is 2.43. The van der Waals surface area contributed by atoms with E-state index in [2.05, 4.69) is 19.2 Å². The molecule has 0 aromatic rings. The number of carbonyl (C=O) groups is 1. The van der Waals surface area contributed by atoms with E-state index >= 15 is 0 Å². The summed E-state index contributed by atoms with van der Waals surface area (Å²) in [6.07, 6.45) is 1.88. The summed E-state index contributed by atoms with van der Waals surface area (Å²) in [6, 6.07) is 0. The molecule has 0 amide bonds. The number of Topliss-reactive ketones (excluding diaryl/α,β-unsaturated/α-hetero) is 1. The summed E-state index contributed by atoms with van der Waals surface area (Å²) in [5.74, 6) is 1.41. The number of rotatable bonds is 0. The van der Waals surface area contributed by atoms with Gasteiger partial charge >= 0.3 is 0 Å². The Labute approximate surface area is 73.7 Å². The van der Waals surface area contributed by atoms with Crippen LogP contribution < -0.4 is 5.32 Å². The van der Waals surface area contributed by atoms with E-state index < -0.39 is 0 Å². The first-order valence-electron chi connectivity index (χ1n) is 4.85. The van der Waals surface area contributed by atoms with Gasteiger partial charge in [0.25, 0.3) is 0 Å². The van der Waals surface area contributed by atoms with E-state index in [-0.39, 0.29) is 0 Å². The fourth-order valence-corrected chi connectivity index (χ4v) is 2.65. The van der Waals surface area contributed by atoms with Crippen molar-refractivity contribution in [2.45, 2.75) is 26.7 Å². The Morgan fingerprint density at radius 3 is 2.83 bits per heavy atom. The second-order valence-electron chi connectivity index (χ2n) is 4.83. The van der Waals surface area contributed by atoms with Crippen LogP contribution in [0.1, 0.15) is 26.7 Å². The summed E-state index contributed by atoms with van der Waals surface area (Å²) >= 11 is 0. The molecule has 0 bridgehead atoms. The average molecular weight is 167 g/mol. The molecule has 12 heavy (non-hydrogen) atoms. The van der Waals surface area contributed by atoms with Gasteiger partial charge in [-0.2, -0.15) is 0 Å². The Balaban J connectivity index is 2.22. The van der Waals surface area contributed by atoms with E-state index in [9.17, 15) is 4.79 Å². The van der Waals surface area contributed by atoms with Crippen molar-refractivity contribution in [3.63, 3.8) is 0 Å². The van der Waals surface area contributed by atoms with Crippen molar-refractivity contribution in [3.05, 3.63) is 0 Å². The molecule has 1 saturated heterocycles. The summed E-state index contributed by atoms with van der Waals surface area (Å²) in [5, 5.41) is 3.33. The van der Waals surface area contributed by atoms with Crippen molar-refractivity contribution >= 4 is 5.78 Å². The highest BCUT2D eigenvalue weighted by atomic mass is 16.1. The van der Waals surface area contributed by atoms with Gasteiger partial charge in [0, 0.05) is 18.9 Å². The van der Waals surface area contributed by atoms with E-state index in [0.29, 0.717) is 23.0 Å². The molecule has 0 aromatic heterocycles. The van der Waals surface area contributed by atoms with E-state index in [1.807, 2.05) is 0 Å². The maximum Gasteiger partial charge on any atom is 0.137 e. The van der Waals surface area contributed by atoms with Gasteiger partial charge in [0.15, 0.2) is 0 Å². The summed E-state index contributed by atoms with van der Waals surface area (Å²) < 4.78 is 0. The number of carbonyl (C=O) groups excluding carboxylic acids is 1. The molecule has 0 spiro atoms. The Hall–Kier alpha value is -0.370. The minimum Gasteiger partial charge on any atom is -0.316 e. The van der Waals surface area contributed by atoms with Gasteiger partial charge in [-0.05, 0) is 24.3 Å². The topological polar surface area (TPSA) is 29.1 Å². The molecule has 2 aliphatic rings. The molecule has 1 heterocycles. The molecule has 2 atom stereocenters. The molecule has 2 heteroatoms. The first kappa shape index (κ1) is 8.24. The van der Waals surface area contributed by atoms with Gasteiger partial charge < -0.3 is 5.32 Å². The van der Waals surface area contributed by atoms with Crippen molar-refractivity contribution in [1.82, 2.24) is 5.32 Å². The first-order valence-corrected chi connectivity index (χ1v) is 4.85. The zero-order valence-electron chi connectivity index (χ0n) is 7.89. The van der Waals surface area contributed by atoms with Crippen LogP contribution in [0.5, 0.6) is 0 Å². The number of fused-ring (bicyclic) bond motifs is 1. The number of ketones is 1. The lowest BCUT2D eigenvalue weighted by atomic mass is 9.64. The van der Waals surface area contributed by atoms with E-state index in [0.717, 1.165) is 25.9 Å². The van der Waals surface area contributed by atoms with Crippen LogP contribution in [0.15, 0.2) is 0 Å². The Bertz CT molecular complexity index is 210. The van der Waals surface area contributed by atoms with Crippen LogP contribution >= 0.6 is 0 Å². The summed E-state index contributed by atoms with van der Waals surface area (Å²) in [4.78, 5) is 11.5. The van der Waals surface area contributed by atoms with Crippen LogP contribution in [0, 0.1) is 17.3 Å². The van der Waals surface area contributed by atoms with Gasteiger partial charge in [-0.25, -0.2) is 0 Å². The smallest absolute Gasteiger partial charge is 0.137 e. The van der Waals surface area contributed by atoms with Crippen LogP contribution in [0.3, 0.4) is 0 Å². The predicted molar refractivity (Wildman–Crippen MR) is 47.9 cm³/mol. The Morgan fingerprint density at radius 1 is 1.42 bits per heavy atom. The maximum absolute atomic E-state index is 11.5. The minimum absolute atomic E-state index is 0.328. The van der Waals surface area contributed by atoms with E-state index in [4.69, 9.17) is 0 Å². The second kappa shape index (κ2) is 2.56. The molecule has 2 nitrogen and oxygen atoms in total. The van der Waals surface area contributed by atoms with Crippen molar-refractivity contribution < 1.29 is 4.79 Å². The van der Waals surface area contributed by atoms with Crippen LogP contribution in [-0.4, -0.2) is 18.9 Å². The molecule has 1 saturated carbocycles. The lowest BCUT2D eigenvalue weighted by Crippen LogP contribution is -2.39. The molecular formula is C10H17NO. The van der Waals surface area contributed by atoms with Gasteiger partial charge in [-0.3, -0.25) is 4.79 Å². The molecule has 2 rings (SSSR count). The third-order valence-electron chi connectivity index (χ3n) is 3.65. The van der Waals surface area contributed by atoms with Gasteiger partial charge in [0.2, 0.25) is 0 Å². The zero-order valence-corrected chi connectivity index (χ0v) is 7.89. The fraction of sp³-hybridized carbons (Fsp3) is 0.900. The summed E-state index contributed by atoms with van der Waals surface area (Å²) in [5.41, 5.74) is 0.377. The molecule has 1 aliphatic carbocycles.